The number of hydrogen-bond acceptors (Lipinski definition) is 11. The number of benzene rings is 4. The molecular weight excluding hydrogens is 718 g/mol. The molecule has 4 N–H and O–H groups in total. The molecule has 2 aromatic heterocycles. The molecule has 1 amide bonds. The lowest BCUT2D eigenvalue weighted by molar-refractivity contribution is -0.159. The van der Waals surface area contributed by atoms with Gasteiger partial charge in [0.1, 0.15) is 36.3 Å². The molecule has 6 aromatic rings. The Hall–Kier alpha value is -6.48. The molecule has 4 aromatic carbocycles. The van der Waals surface area contributed by atoms with E-state index in [1.54, 1.807) is 91.0 Å². The van der Waals surface area contributed by atoms with Crippen LogP contribution < -0.4 is 14.8 Å². The van der Waals surface area contributed by atoms with Gasteiger partial charge in [-0.2, -0.15) is 0 Å². The lowest BCUT2D eigenvalue weighted by Crippen LogP contribution is -2.59. The number of carboxylic acid groups (broad SMARTS) is 1. The fourth-order valence-corrected chi connectivity index (χ4v) is 7.66. The van der Waals surface area contributed by atoms with Gasteiger partial charge in [0, 0.05) is 29.5 Å². The van der Waals surface area contributed by atoms with Gasteiger partial charge in [0.2, 0.25) is 0 Å². The normalized spacial score (nSPS) is 18.6. The third-order valence-electron chi connectivity index (χ3n) is 10.3. The van der Waals surface area contributed by atoms with Crippen LogP contribution in [0.5, 0.6) is 11.5 Å². The van der Waals surface area contributed by atoms with E-state index in [0.717, 1.165) is 0 Å². The van der Waals surface area contributed by atoms with Crippen LogP contribution in [-0.4, -0.2) is 84.5 Å². The number of imidazole rings is 1. The molecule has 4 atom stereocenters. The molecule has 0 radical (unpaired) electrons. The molecule has 1 unspecified atom stereocenters. The largest absolute Gasteiger partial charge is 0.496 e. The third-order valence-corrected chi connectivity index (χ3v) is 10.3. The minimum absolute atomic E-state index is 0.112. The summed E-state index contributed by atoms with van der Waals surface area (Å²) in [6.07, 6.45) is -3.56. The SMILES string of the molecule is COc1ccccc1C(c1ccccc1)(c1ccccc1OC)C(O)[C@H]1O[C@@H](n2cnc3c(NC(=O)c4ccccc4)ncnc32)C[C@@]1(O)C(=O)CCC(=O)O. The first-order valence-corrected chi connectivity index (χ1v) is 17.8. The Kier molecular flexibility index (Phi) is 10.6. The molecule has 1 aliphatic rings. The van der Waals surface area contributed by atoms with Crippen LogP contribution >= 0.6 is 0 Å². The Morgan fingerprint density at radius 3 is 2.05 bits per heavy atom. The first-order chi connectivity index (χ1) is 27.1. The minimum Gasteiger partial charge on any atom is -0.496 e. The molecule has 0 saturated carbocycles. The monoisotopic (exact) mass is 757 g/mol. The van der Waals surface area contributed by atoms with E-state index in [4.69, 9.17) is 14.2 Å². The molecular formula is C42H39N5O9. The predicted molar refractivity (Wildman–Crippen MR) is 203 cm³/mol. The molecule has 0 bridgehead atoms. The summed E-state index contributed by atoms with van der Waals surface area (Å²) in [4.78, 5) is 52.1. The maximum absolute atomic E-state index is 14.2. The molecule has 0 spiro atoms. The number of aliphatic hydroxyl groups is 2. The van der Waals surface area contributed by atoms with Crippen molar-refractivity contribution in [3.05, 3.63) is 144 Å². The van der Waals surface area contributed by atoms with Gasteiger partial charge in [0.25, 0.3) is 5.91 Å². The van der Waals surface area contributed by atoms with Crippen LogP contribution in [0.25, 0.3) is 11.2 Å². The summed E-state index contributed by atoms with van der Waals surface area (Å²) in [5.74, 6) is -1.62. The van der Waals surface area contributed by atoms with Crippen molar-refractivity contribution in [2.75, 3.05) is 19.5 Å². The number of aromatic nitrogens is 4. The highest BCUT2D eigenvalue weighted by molar-refractivity contribution is 6.06. The second-order valence-corrected chi connectivity index (χ2v) is 13.3. The fraction of sp³-hybridized carbons (Fsp3) is 0.238. The zero-order chi connectivity index (χ0) is 39.5. The number of hydrogen-bond donors (Lipinski definition) is 4. The average Bonchev–Trinajstić information content (AvgIpc) is 3.83. The van der Waals surface area contributed by atoms with Gasteiger partial charge in [0.05, 0.1) is 32.4 Å². The number of Topliss-reactive ketones (excluding diaryl/α,β-unsaturated/α-hetero) is 1. The number of carbonyl (C=O) groups excluding carboxylic acids is 2. The Labute approximate surface area is 321 Å². The van der Waals surface area contributed by atoms with Gasteiger partial charge in [-0.15, -0.1) is 0 Å². The van der Waals surface area contributed by atoms with E-state index in [9.17, 15) is 29.7 Å². The van der Waals surface area contributed by atoms with Gasteiger partial charge < -0.3 is 34.8 Å². The van der Waals surface area contributed by atoms with Gasteiger partial charge >= 0.3 is 5.97 Å². The first-order valence-electron chi connectivity index (χ1n) is 17.8. The molecule has 3 heterocycles. The van der Waals surface area contributed by atoms with Crippen molar-refractivity contribution >= 4 is 34.6 Å². The number of carbonyl (C=O) groups is 3. The molecule has 286 valence electrons. The number of nitrogens with one attached hydrogen (secondary N) is 1. The van der Waals surface area contributed by atoms with Crippen molar-refractivity contribution in [1.29, 1.82) is 0 Å². The van der Waals surface area contributed by atoms with Crippen molar-refractivity contribution < 1.29 is 43.9 Å². The van der Waals surface area contributed by atoms with E-state index >= 15 is 0 Å². The van der Waals surface area contributed by atoms with Crippen LogP contribution in [0.3, 0.4) is 0 Å². The number of ketones is 1. The molecule has 1 saturated heterocycles. The van der Waals surface area contributed by atoms with E-state index in [-0.39, 0.29) is 17.0 Å². The number of amides is 1. The predicted octanol–water partition coefficient (Wildman–Crippen LogP) is 4.94. The van der Waals surface area contributed by atoms with Gasteiger partial charge in [-0.05, 0) is 29.8 Å². The van der Waals surface area contributed by atoms with E-state index < -0.39 is 66.4 Å². The standard InChI is InChI=1S/C42H39N5O9/c1-54-30-19-11-9-17-28(30)42(27-15-7-4-8-16-27,29-18-10-12-20-31(29)55-2)36(51)37-41(53,32(48)21-22-34(49)50)23-33(56-37)47-25-45-35-38(43-24-44-39(35)47)46-40(52)26-13-5-3-6-14-26/h3-20,24-25,33,36-37,51,53H,21-23H2,1-2H3,(H,49,50)(H,43,44,46,52)/t33-,36?,37-,41-/m1/s1. The number of nitrogens with zero attached hydrogens (tertiary/aromatic N) is 4. The third kappa shape index (κ3) is 6.63. The summed E-state index contributed by atoms with van der Waals surface area (Å²) in [7, 11) is 3.00. The van der Waals surface area contributed by atoms with E-state index in [1.807, 2.05) is 18.2 Å². The number of aliphatic hydroxyl groups excluding tert-OH is 1. The lowest BCUT2D eigenvalue weighted by Gasteiger charge is -2.45. The quantitative estimate of drug-likeness (QED) is 0.110. The van der Waals surface area contributed by atoms with E-state index in [1.165, 1.54) is 31.4 Å². The highest BCUT2D eigenvalue weighted by atomic mass is 16.6. The van der Waals surface area contributed by atoms with Gasteiger partial charge in [0.15, 0.2) is 28.4 Å². The zero-order valence-corrected chi connectivity index (χ0v) is 30.5. The highest BCUT2D eigenvalue weighted by Gasteiger charge is 2.62. The maximum atomic E-state index is 14.2. The Morgan fingerprint density at radius 1 is 0.857 bits per heavy atom. The Bertz CT molecular complexity index is 2320. The molecule has 14 heteroatoms. The second kappa shape index (κ2) is 15.7. The lowest BCUT2D eigenvalue weighted by atomic mass is 9.62. The number of fused-ring (bicyclic) bond motifs is 1. The van der Waals surface area contributed by atoms with Crippen molar-refractivity contribution in [2.45, 2.75) is 48.7 Å². The fourth-order valence-electron chi connectivity index (χ4n) is 7.66. The molecule has 7 rings (SSSR count). The smallest absolute Gasteiger partial charge is 0.303 e. The molecule has 1 fully saturated rings. The minimum atomic E-state index is -2.45. The molecule has 14 nitrogen and oxygen atoms in total. The summed E-state index contributed by atoms with van der Waals surface area (Å²) in [6.45, 7) is 0. The number of methoxy groups -OCH3 is 2. The Morgan fingerprint density at radius 2 is 1.45 bits per heavy atom. The van der Waals surface area contributed by atoms with Crippen LogP contribution in [0.4, 0.5) is 5.82 Å². The van der Waals surface area contributed by atoms with Crippen LogP contribution in [-0.2, 0) is 19.7 Å². The summed E-state index contributed by atoms with van der Waals surface area (Å²) in [5.41, 5.74) is -1.80. The van der Waals surface area contributed by atoms with Crippen molar-refractivity contribution in [2.24, 2.45) is 0 Å². The van der Waals surface area contributed by atoms with Gasteiger partial charge in [-0.1, -0.05) is 84.9 Å². The van der Waals surface area contributed by atoms with Crippen molar-refractivity contribution in [3.8, 4) is 11.5 Å². The van der Waals surface area contributed by atoms with E-state index in [0.29, 0.717) is 33.8 Å². The summed E-state index contributed by atoms with van der Waals surface area (Å²) >= 11 is 0. The number of rotatable bonds is 14. The van der Waals surface area contributed by atoms with Crippen LogP contribution in [0, 0.1) is 0 Å². The molecule has 0 aliphatic carbocycles. The number of carboxylic acids is 1. The topological polar surface area (TPSA) is 195 Å². The average molecular weight is 758 g/mol. The second-order valence-electron chi connectivity index (χ2n) is 13.3. The summed E-state index contributed by atoms with van der Waals surface area (Å²) < 4.78 is 19.9. The maximum Gasteiger partial charge on any atom is 0.303 e. The van der Waals surface area contributed by atoms with Crippen LogP contribution in [0.15, 0.2) is 122 Å². The number of ether oxygens (including phenoxy) is 3. The zero-order valence-electron chi connectivity index (χ0n) is 30.5. The van der Waals surface area contributed by atoms with Crippen molar-refractivity contribution in [1.82, 2.24) is 19.5 Å². The van der Waals surface area contributed by atoms with Crippen LogP contribution in [0.2, 0.25) is 0 Å². The number of para-hydroxylation sites is 2. The van der Waals surface area contributed by atoms with Gasteiger partial charge in [-0.25, -0.2) is 15.0 Å². The van der Waals surface area contributed by atoms with Gasteiger partial charge in [-0.3, -0.25) is 19.0 Å². The first kappa shape index (κ1) is 37.8. The van der Waals surface area contributed by atoms with Crippen LogP contribution in [0.1, 0.15) is 52.5 Å². The Balaban J connectivity index is 1.40. The number of anilines is 1. The van der Waals surface area contributed by atoms with Crippen molar-refractivity contribution in [3.63, 3.8) is 0 Å². The van der Waals surface area contributed by atoms with E-state index in [2.05, 4.69) is 20.3 Å². The number of aliphatic carboxylic acids is 1. The molecule has 56 heavy (non-hydrogen) atoms. The summed E-state index contributed by atoms with van der Waals surface area (Å²) in [6, 6.07) is 31.8. The summed E-state index contributed by atoms with van der Waals surface area (Å²) in [5, 5.41) is 38.2. The highest BCUT2D eigenvalue weighted by Crippen LogP contribution is 2.53. The molecule has 1 aliphatic heterocycles.